The van der Waals surface area contributed by atoms with Crippen molar-refractivity contribution in [1.82, 2.24) is 9.78 Å². The highest BCUT2D eigenvalue weighted by Crippen LogP contribution is 2.31. The molecule has 0 spiro atoms. The van der Waals surface area contributed by atoms with Crippen molar-refractivity contribution in [3.63, 3.8) is 0 Å². The predicted molar refractivity (Wildman–Crippen MR) is 128 cm³/mol. The number of rotatable bonds is 5. The minimum Gasteiger partial charge on any atom is -0.465 e. The van der Waals surface area contributed by atoms with E-state index in [-0.39, 0.29) is 5.97 Å². The molecule has 0 saturated carbocycles. The number of carbonyl (C=O) groups is 1. The van der Waals surface area contributed by atoms with Gasteiger partial charge in [0.2, 0.25) is 0 Å². The first-order chi connectivity index (χ1) is 14.9. The number of carbonyl (C=O) groups excluding carboxylic acids is 1. The number of esters is 1. The molecule has 0 aliphatic carbocycles. The Labute approximate surface area is 198 Å². The summed E-state index contributed by atoms with van der Waals surface area (Å²) in [5, 5.41) is 5.94. The number of hydrogen-bond donors (Lipinski definition) is 0. The Morgan fingerprint density at radius 3 is 2.19 bits per heavy atom. The number of aromatic nitrogens is 2. The van der Waals surface area contributed by atoms with Crippen molar-refractivity contribution < 1.29 is 9.53 Å². The van der Waals surface area contributed by atoms with Crippen LogP contribution in [0, 0.1) is 0 Å². The molecule has 0 aliphatic heterocycles. The van der Waals surface area contributed by atoms with Gasteiger partial charge in [0.25, 0.3) is 0 Å². The molecular weight excluding hydrogens is 499 g/mol. The van der Waals surface area contributed by atoms with E-state index in [0.29, 0.717) is 22.2 Å². The second kappa shape index (κ2) is 9.27. The molecule has 156 valence electrons. The molecule has 4 nitrogen and oxygen atoms in total. The molecule has 1 heterocycles. The molecule has 0 amide bonds. The van der Waals surface area contributed by atoms with Crippen LogP contribution in [0.2, 0.25) is 10.0 Å². The van der Waals surface area contributed by atoms with Crippen LogP contribution in [0.4, 0.5) is 0 Å². The summed E-state index contributed by atoms with van der Waals surface area (Å²) >= 11 is 15.9. The molecule has 0 bridgehead atoms. The van der Waals surface area contributed by atoms with Crippen LogP contribution in [-0.2, 0) is 11.3 Å². The average Bonchev–Trinajstić information content (AvgIpc) is 3.17. The lowest BCUT2D eigenvalue weighted by Crippen LogP contribution is -2.05. The Kier molecular flexibility index (Phi) is 6.46. The highest BCUT2D eigenvalue weighted by molar-refractivity contribution is 9.10. The van der Waals surface area contributed by atoms with Crippen LogP contribution in [0.15, 0.2) is 77.3 Å². The van der Waals surface area contributed by atoms with Gasteiger partial charge in [-0.3, -0.25) is 4.68 Å². The number of benzene rings is 3. The molecule has 3 aromatic carbocycles. The second-order valence-electron chi connectivity index (χ2n) is 6.93. The van der Waals surface area contributed by atoms with E-state index >= 15 is 0 Å². The van der Waals surface area contributed by atoms with Crippen molar-refractivity contribution in [2.75, 3.05) is 7.11 Å². The van der Waals surface area contributed by atoms with E-state index in [2.05, 4.69) is 15.9 Å². The molecule has 4 aromatic rings. The topological polar surface area (TPSA) is 44.1 Å². The molecule has 0 aliphatic rings. The van der Waals surface area contributed by atoms with E-state index in [4.69, 9.17) is 33.0 Å². The number of hydrogen-bond acceptors (Lipinski definition) is 3. The quantitative estimate of drug-likeness (QED) is 0.266. The van der Waals surface area contributed by atoms with Crippen molar-refractivity contribution in [2.24, 2.45) is 0 Å². The summed E-state index contributed by atoms with van der Waals surface area (Å²) in [7, 11) is 1.37. The fraction of sp³-hybridized carbons (Fsp3) is 0.0833. The number of halogens is 3. The van der Waals surface area contributed by atoms with E-state index < -0.39 is 0 Å². The van der Waals surface area contributed by atoms with Crippen molar-refractivity contribution >= 4 is 45.1 Å². The minimum atomic E-state index is -0.360. The molecule has 0 fully saturated rings. The smallest absolute Gasteiger partial charge is 0.337 e. The first kappa shape index (κ1) is 21.6. The van der Waals surface area contributed by atoms with Gasteiger partial charge in [0, 0.05) is 20.1 Å². The zero-order valence-electron chi connectivity index (χ0n) is 16.5. The van der Waals surface area contributed by atoms with Gasteiger partial charge in [-0.05, 0) is 59.7 Å². The van der Waals surface area contributed by atoms with Crippen LogP contribution in [0.3, 0.4) is 0 Å². The molecule has 0 atom stereocenters. The Balaban J connectivity index is 1.75. The zero-order chi connectivity index (χ0) is 22.0. The maximum atomic E-state index is 11.7. The van der Waals surface area contributed by atoms with E-state index in [1.807, 2.05) is 59.3 Å². The molecule has 4 rings (SSSR count). The fourth-order valence-corrected chi connectivity index (χ4v) is 4.06. The molecule has 0 saturated heterocycles. The summed E-state index contributed by atoms with van der Waals surface area (Å²) in [6.07, 6.45) is 0. The van der Waals surface area contributed by atoms with Crippen LogP contribution < -0.4 is 0 Å². The van der Waals surface area contributed by atoms with Crippen LogP contribution in [0.1, 0.15) is 15.9 Å². The lowest BCUT2D eigenvalue weighted by atomic mass is 10.1. The molecule has 0 N–H and O–H groups in total. The summed E-state index contributed by atoms with van der Waals surface area (Å²) in [5.74, 6) is -0.360. The number of ether oxygens (including phenoxy) is 1. The maximum absolute atomic E-state index is 11.7. The zero-order valence-corrected chi connectivity index (χ0v) is 19.6. The van der Waals surface area contributed by atoms with Gasteiger partial charge in [0.15, 0.2) is 0 Å². The lowest BCUT2D eigenvalue weighted by molar-refractivity contribution is 0.0600. The minimum absolute atomic E-state index is 0.360. The van der Waals surface area contributed by atoms with Gasteiger partial charge in [-0.1, -0.05) is 63.4 Å². The molecular formula is C24H17BrCl2N2O2. The first-order valence-corrected chi connectivity index (χ1v) is 11.0. The van der Waals surface area contributed by atoms with Gasteiger partial charge in [-0.15, -0.1) is 0 Å². The average molecular weight is 516 g/mol. The summed E-state index contributed by atoms with van der Waals surface area (Å²) in [6, 6.07) is 22.8. The standard InChI is InChI=1S/C24H17BrCl2N2O2/c1-31-24(30)17-4-2-15(3-5-17)14-29-23(16-6-8-19(25)9-7-16)13-22(28-29)18-10-20(26)12-21(27)11-18/h2-13H,14H2,1H3. The van der Waals surface area contributed by atoms with Crippen molar-refractivity contribution in [3.8, 4) is 22.5 Å². The molecule has 7 heteroatoms. The highest BCUT2D eigenvalue weighted by atomic mass is 79.9. The molecule has 31 heavy (non-hydrogen) atoms. The van der Waals surface area contributed by atoms with Crippen LogP contribution in [-0.4, -0.2) is 22.9 Å². The van der Waals surface area contributed by atoms with E-state index in [9.17, 15) is 4.79 Å². The lowest BCUT2D eigenvalue weighted by Gasteiger charge is -2.09. The molecule has 0 radical (unpaired) electrons. The Morgan fingerprint density at radius 2 is 1.58 bits per heavy atom. The van der Waals surface area contributed by atoms with Gasteiger partial charge in [-0.2, -0.15) is 5.10 Å². The van der Waals surface area contributed by atoms with Crippen LogP contribution >= 0.6 is 39.1 Å². The van der Waals surface area contributed by atoms with Gasteiger partial charge in [0.05, 0.1) is 30.6 Å². The normalized spacial score (nSPS) is 10.8. The SMILES string of the molecule is COC(=O)c1ccc(Cn2nc(-c3cc(Cl)cc(Cl)c3)cc2-c2ccc(Br)cc2)cc1. The Morgan fingerprint density at radius 1 is 0.935 bits per heavy atom. The predicted octanol–water partition coefficient (Wildman–Crippen LogP) is 7.12. The van der Waals surface area contributed by atoms with Gasteiger partial charge >= 0.3 is 5.97 Å². The summed E-state index contributed by atoms with van der Waals surface area (Å²) in [6.45, 7) is 0.529. The van der Waals surface area contributed by atoms with Crippen molar-refractivity contribution in [2.45, 2.75) is 6.54 Å². The highest BCUT2D eigenvalue weighted by Gasteiger charge is 2.14. The van der Waals surface area contributed by atoms with Gasteiger partial charge in [-0.25, -0.2) is 4.79 Å². The Bertz CT molecular complexity index is 1220. The van der Waals surface area contributed by atoms with Gasteiger partial charge in [0.1, 0.15) is 0 Å². The van der Waals surface area contributed by atoms with E-state index in [1.54, 1.807) is 18.2 Å². The second-order valence-corrected chi connectivity index (χ2v) is 8.71. The maximum Gasteiger partial charge on any atom is 0.337 e. The van der Waals surface area contributed by atoms with E-state index in [1.165, 1.54) is 7.11 Å². The van der Waals surface area contributed by atoms with Crippen molar-refractivity contribution in [1.29, 1.82) is 0 Å². The summed E-state index contributed by atoms with van der Waals surface area (Å²) < 4.78 is 7.70. The number of nitrogens with zero attached hydrogens (tertiary/aromatic N) is 2. The summed E-state index contributed by atoms with van der Waals surface area (Å²) in [5.41, 5.74) is 5.11. The molecule has 1 aromatic heterocycles. The largest absolute Gasteiger partial charge is 0.465 e. The molecule has 0 unspecified atom stereocenters. The monoisotopic (exact) mass is 514 g/mol. The third kappa shape index (κ3) is 5.01. The van der Waals surface area contributed by atoms with Crippen LogP contribution in [0.25, 0.3) is 22.5 Å². The van der Waals surface area contributed by atoms with Crippen LogP contribution in [0.5, 0.6) is 0 Å². The Hall–Kier alpha value is -2.60. The van der Waals surface area contributed by atoms with E-state index in [0.717, 1.165) is 32.6 Å². The fourth-order valence-electron chi connectivity index (χ4n) is 3.27. The number of methoxy groups -OCH3 is 1. The third-order valence-electron chi connectivity index (χ3n) is 4.79. The third-order valence-corrected chi connectivity index (χ3v) is 5.75. The summed E-state index contributed by atoms with van der Waals surface area (Å²) in [4.78, 5) is 11.7. The van der Waals surface area contributed by atoms with Gasteiger partial charge < -0.3 is 4.74 Å². The van der Waals surface area contributed by atoms with Crippen molar-refractivity contribution in [3.05, 3.63) is 98.4 Å². The first-order valence-electron chi connectivity index (χ1n) is 9.40.